The first-order valence-electron chi connectivity index (χ1n) is 6.18. The van der Waals surface area contributed by atoms with Crippen molar-refractivity contribution in [3.8, 4) is 5.75 Å². The highest BCUT2D eigenvalue weighted by molar-refractivity contribution is 5.97. The second-order valence-electron chi connectivity index (χ2n) is 4.17. The summed E-state index contributed by atoms with van der Waals surface area (Å²) in [7, 11) is 1.64. The Kier molecular flexibility index (Phi) is 4.51. The zero-order valence-corrected chi connectivity index (χ0v) is 10.9. The molecule has 2 nitrogen and oxygen atoms in total. The Morgan fingerprint density at radius 2 is 1.74 bits per heavy atom. The maximum atomic E-state index is 11.9. The Morgan fingerprint density at radius 1 is 1.05 bits per heavy atom. The zero-order valence-electron chi connectivity index (χ0n) is 10.9. The van der Waals surface area contributed by atoms with Crippen LogP contribution in [-0.2, 0) is 0 Å². The van der Waals surface area contributed by atoms with Gasteiger partial charge in [-0.1, -0.05) is 54.6 Å². The monoisotopic (exact) mass is 252 g/mol. The highest BCUT2D eigenvalue weighted by Gasteiger charge is 2.01. The normalized spacial score (nSPS) is 10.6. The Labute approximate surface area is 113 Å². The number of ketones is 1. The quantitative estimate of drug-likeness (QED) is 0.752. The summed E-state index contributed by atoms with van der Waals surface area (Å²) < 4.78 is 5.09. The van der Waals surface area contributed by atoms with Crippen LogP contribution >= 0.6 is 0 Å². The molecule has 0 radical (unpaired) electrons. The first-order valence-corrected chi connectivity index (χ1v) is 6.18. The van der Waals surface area contributed by atoms with E-state index < -0.39 is 0 Å². The van der Waals surface area contributed by atoms with Crippen molar-refractivity contribution in [1.29, 1.82) is 0 Å². The predicted octanol–water partition coefficient (Wildman–Crippen LogP) is 3.98. The molecule has 0 N–H and O–H groups in total. The fraction of sp³-hybridized carbons (Fsp3) is 0.118. The van der Waals surface area contributed by atoms with Crippen LogP contribution in [0.15, 0.2) is 60.7 Å². The molecular weight excluding hydrogens is 236 g/mol. The molecule has 0 saturated heterocycles. The number of benzene rings is 2. The summed E-state index contributed by atoms with van der Waals surface area (Å²) in [6.07, 6.45) is 4.24. The van der Waals surface area contributed by atoms with E-state index in [0.717, 1.165) is 16.9 Å². The van der Waals surface area contributed by atoms with E-state index in [4.69, 9.17) is 4.74 Å². The van der Waals surface area contributed by atoms with Crippen molar-refractivity contribution in [2.45, 2.75) is 6.42 Å². The molecule has 0 heterocycles. The van der Waals surface area contributed by atoms with Crippen molar-refractivity contribution in [3.63, 3.8) is 0 Å². The van der Waals surface area contributed by atoms with Gasteiger partial charge in [-0.2, -0.15) is 0 Å². The van der Waals surface area contributed by atoms with E-state index >= 15 is 0 Å². The molecule has 0 bridgehead atoms. The molecule has 96 valence electrons. The molecule has 0 aliphatic carbocycles. The van der Waals surface area contributed by atoms with E-state index in [9.17, 15) is 4.79 Å². The predicted molar refractivity (Wildman–Crippen MR) is 77.4 cm³/mol. The van der Waals surface area contributed by atoms with Crippen LogP contribution in [0.3, 0.4) is 0 Å². The van der Waals surface area contributed by atoms with Gasteiger partial charge >= 0.3 is 0 Å². The maximum Gasteiger partial charge on any atom is 0.166 e. The van der Waals surface area contributed by atoms with Crippen molar-refractivity contribution in [3.05, 3.63) is 71.8 Å². The number of carbonyl (C=O) groups excluding carboxylic acids is 1. The lowest BCUT2D eigenvalue weighted by Crippen LogP contribution is -1.95. The van der Waals surface area contributed by atoms with Gasteiger partial charge in [0.1, 0.15) is 5.75 Å². The summed E-state index contributed by atoms with van der Waals surface area (Å²) in [5.74, 6) is 0.961. The van der Waals surface area contributed by atoms with Crippen LogP contribution in [0.4, 0.5) is 0 Å². The molecule has 2 heteroatoms. The molecule has 0 unspecified atom stereocenters. The second kappa shape index (κ2) is 6.55. The van der Waals surface area contributed by atoms with Crippen molar-refractivity contribution < 1.29 is 9.53 Å². The number of Topliss-reactive ketones (excluding diaryl/α,β-unsaturated/α-hetero) is 1. The Bertz CT molecular complexity index is 554. The van der Waals surface area contributed by atoms with Crippen molar-refractivity contribution in [2.75, 3.05) is 7.11 Å². The molecule has 0 aliphatic heterocycles. The molecular formula is C17H16O2. The van der Waals surface area contributed by atoms with Gasteiger partial charge in [-0.05, 0) is 17.7 Å². The lowest BCUT2D eigenvalue weighted by Gasteiger charge is -1.99. The van der Waals surface area contributed by atoms with Crippen molar-refractivity contribution >= 4 is 11.9 Å². The lowest BCUT2D eigenvalue weighted by molar-refractivity contribution is 0.0996. The molecule has 0 spiro atoms. The third-order valence-corrected chi connectivity index (χ3v) is 2.83. The fourth-order valence-electron chi connectivity index (χ4n) is 1.76. The summed E-state index contributed by atoms with van der Waals surface area (Å²) >= 11 is 0. The molecule has 0 aromatic heterocycles. The van der Waals surface area contributed by atoms with Gasteiger partial charge in [0.25, 0.3) is 0 Å². The number of hydrogen-bond donors (Lipinski definition) is 0. The number of methoxy groups -OCH3 is 1. The van der Waals surface area contributed by atoms with E-state index in [1.807, 2.05) is 66.7 Å². The molecule has 0 atom stereocenters. The van der Waals surface area contributed by atoms with Crippen LogP contribution in [0.2, 0.25) is 0 Å². The van der Waals surface area contributed by atoms with Gasteiger partial charge in [-0.3, -0.25) is 4.79 Å². The Balaban J connectivity index is 1.94. The molecule has 2 aromatic carbocycles. The standard InChI is InChI=1S/C17H16O2/c1-19-16-12-10-14(11-13-16)6-5-9-17(18)15-7-3-2-4-8-15/h2-8,10-13H,9H2,1H3/b6-5+. The van der Waals surface area contributed by atoms with Gasteiger partial charge in [0.05, 0.1) is 7.11 Å². The minimum atomic E-state index is 0.130. The van der Waals surface area contributed by atoms with Gasteiger partial charge < -0.3 is 4.74 Å². The van der Waals surface area contributed by atoms with Crippen LogP contribution in [0.1, 0.15) is 22.3 Å². The molecule has 0 aliphatic rings. The SMILES string of the molecule is COc1ccc(/C=C/CC(=O)c2ccccc2)cc1. The van der Waals surface area contributed by atoms with Crippen molar-refractivity contribution in [1.82, 2.24) is 0 Å². The Morgan fingerprint density at radius 3 is 2.37 bits per heavy atom. The van der Waals surface area contributed by atoms with Crippen LogP contribution < -0.4 is 4.74 Å². The van der Waals surface area contributed by atoms with Gasteiger partial charge in [-0.15, -0.1) is 0 Å². The number of allylic oxidation sites excluding steroid dienone is 1. The molecule has 2 aromatic rings. The van der Waals surface area contributed by atoms with Gasteiger partial charge in [0.2, 0.25) is 0 Å². The third-order valence-electron chi connectivity index (χ3n) is 2.83. The summed E-state index contributed by atoms with van der Waals surface area (Å²) in [5, 5.41) is 0. The third kappa shape index (κ3) is 3.81. The minimum Gasteiger partial charge on any atom is -0.497 e. The molecule has 0 saturated carbocycles. The Hall–Kier alpha value is -2.35. The maximum absolute atomic E-state index is 11.9. The highest BCUT2D eigenvalue weighted by Crippen LogP contribution is 2.13. The van der Waals surface area contributed by atoms with Crippen LogP contribution in [0.5, 0.6) is 5.75 Å². The fourth-order valence-corrected chi connectivity index (χ4v) is 1.76. The first kappa shape index (κ1) is 13.1. The minimum absolute atomic E-state index is 0.130. The number of ether oxygens (including phenoxy) is 1. The van der Waals surface area contributed by atoms with E-state index in [1.54, 1.807) is 7.11 Å². The van der Waals surface area contributed by atoms with Gasteiger partial charge in [0.15, 0.2) is 5.78 Å². The smallest absolute Gasteiger partial charge is 0.166 e. The molecule has 0 amide bonds. The first-order chi connectivity index (χ1) is 9.29. The largest absolute Gasteiger partial charge is 0.497 e. The topological polar surface area (TPSA) is 26.3 Å². The molecule has 19 heavy (non-hydrogen) atoms. The average Bonchev–Trinajstić information content (AvgIpc) is 2.49. The van der Waals surface area contributed by atoms with E-state index in [0.29, 0.717) is 6.42 Å². The lowest BCUT2D eigenvalue weighted by atomic mass is 10.1. The number of rotatable bonds is 5. The van der Waals surface area contributed by atoms with Gasteiger partial charge in [-0.25, -0.2) is 0 Å². The molecule has 0 fully saturated rings. The second-order valence-corrected chi connectivity index (χ2v) is 4.17. The van der Waals surface area contributed by atoms with Crippen molar-refractivity contribution in [2.24, 2.45) is 0 Å². The molecule has 2 rings (SSSR count). The zero-order chi connectivity index (χ0) is 13.5. The van der Waals surface area contributed by atoms with E-state index in [-0.39, 0.29) is 5.78 Å². The summed E-state index contributed by atoms with van der Waals surface area (Å²) in [6, 6.07) is 17.1. The summed E-state index contributed by atoms with van der Waals surface area (Å²) in [5.41, 5.74) is 1.81. The summed E-state index contributed by atoms with van der Waals surface area (Å²) in [6.45, 7) is 0. The highest BCUT2D eigenvalue weighted by atomic mass is 16.5. The average molecular weight is 252 g/mol. The van der Waals surface area contributed by atoms with Gasteiger partial charge in [0, 0.05) is 12.0 Å². The van der Waals surface area contributed by atoms with Crippen LogP contribution in [0.25, 0.3) is 6.08 Å². The van der Waals surface area contributed by atoms with E-state index in [2.05, 4.69) is 0 Å². The summed E-state index contributed by atoms with van der Waals surface area (Å²) in [4.78, 5) is 11.9. The number of hydrogen-bond acceptors (Lipinski definition) is 2. The van der Waals surface area contributed by atoms with E-state index in [1.165, 1.54) is 0 Å². The number of carbonyl (C=O) groups is 1. The van der Waals surface area contributed by atoms with Crippen LogP contribution in [-0.4, -0.2) is 12.9 Å². The van der Waals surface area contributed by atoms with Crippen LogP contribution in [0, 0.1) is 0 Å².